The number of aryl methyl sites for hydroxylation is 1. The molecule has 0 amide bonds. The largest absolute Gasteiger partial charge is 0.392 e. The number of hydrogen-bond donors (Lipinski definition) is 2. The average molecular weight is 300 g/mol. The lowest BCUT2D eigenvalue weighted by molar-refractivity contribution is 0.173. The number of nitrogens with zero attached hydrogens (tertiary/aromatic N) is 3. The molecule has 5 nitrogen and oxygen atoms in total. The Labute approximate surface area is 131 Å². The highest BCUT2D eigenvalue weighted by atomic mass is 16.3. The minimum Gasteiger partial charge on any atom is -0.392 e. The van der Waals surface area contributed by atoms with E-state index in [0.717, 1.165) is 37.4 Å². The van der Waals surface area contributed by atoms with Crippen LogP contribution in [-0.4, -0.2) is 52.3 Å². The molecule has 1 fully saturated rings. The Balaban J connectivity index is 1.79. The Morgan fingerprint density at radius 1 is 1.45 bits per heavy atom. The highest BCUT2D eigenvalue weighted by Gasteiger charge is 2.23. The zero-order valence-corrected chi connectivity index (χ0v) is 13.2. The first-order valence-corrected chi connectivity index (χ1v) is 7.82. The maximum atomic E-state index is 9.68. The number of aromatic nitrogens is 2. The topological polar surface area (TPSA) is 53.3 Å². The molecule has 118 valence electrons. The van der Waals surface area contributed by atoms with Crippen LogP contribution in [0.15, 0.2) is 36.7 Å². The van der Waals surface area contributed by atoms with Crippen LogP contribution in [0.4, 0.5) is 0 Å². The first kappa shape index (κ1) is 15.2. The summed E-state index contributed by atoms with van der Waals surface area (Å²) in [4.78, 5) is 6.74. The van der Waals surface area contributed by atoms with Gasteiger partial charge in [0.15, 0.2) is 0 Å². The SMILES string of the molecule is CN[C@H](CN1CC[C@H](O)C1)c1cccc(-c2nccn2C)c1. The Morgan fingerprint density at radius 3 is 2.95 bits per heavy atom. The fourth-order valence-corrected chi connectivity index (χ4v) is 3.14. The van der Waals surface area contributed by atoms with E-state index in [1.165, 1.54) is 5.56 Å². The van der Waals surface area contributed by atoms with Crippen molar-refractivity contribution < 1.29 is 5.11 Å². The molecule has 0 bridgehead atoms. The quantitative estimate of drug-likeness (QED) is 0.877. The normalized spacial score (nSPS) is 20.4. The molecular weight excluding hydrogens is 276 g/mol. The van der Waals surface area contributed by atoms with Gasteiger partial charge in [0.05, 0.1) is 6.10 Å². The number of aliphatic hydroxyl groups is 1. The van der Waals surface area contributed by atoms with Crippen molar-refractivity contribution in [3.05, 3.63) is 42.2 Å². The summed E-state index contributed by atoms with van der Waals surface area (Å²) in [7, 11) is 4.00. The third-order valence-electron chi connectivity index (χ3n) is 4.41. The number of nitrogens with one attached hydrogen (secondary N) is 1. The van der Waals surface area contributed by atoms with Crippen molar-refractivity contribution in [2.24, 2.45) is 7.05 Å². The Kier molecular flexibility index (Phi) is 4.57. The molecule has 1 aliphatic rings. The van der Waals surface area contributed by atoms with Crippen molar-refractivity contribution in [3.8, 4) is 11.4 Å². The predicted molar refractivity (Wildman–Crippen MR) is 87.5 cm³/mol. The van der Waals surface area contributed by atoms with Gasteiger partial charge < -0.3 is 15.0 Å². The van der Waals surface area contributed by atoms with Gasteiger partial charge >= 0.3 is 0 Å². The van der Waals surface area contributed by atoms with Crippen LogP contribution >= 0.6 is 0 Å². The Morgan fingerprint density at radius 2 is 2.32 bits per heavy atom. The molecular formula is C17H24N4O. The summed E-state index contributed by atoms with van der Waals surface area (Å²) in [5, 5.41) is 13.1. The highest BCUT2D eigenvalue weighted by molar-refractivity contribution is 5.57. The molecule has 3 rings (SSSR count). The molecule has 0 radical (unpaired) electrons. The molecule has 2 N–H and O–H groups in total. The van der Waals surface area contributed by atoms with Gasteiger partial charge in [-0.1, -0.05) is 18.2 Å². The zero-order chi connectivity index (χ0) is 15.5. The summed E-state index contributed by atoms with van der Waals surface area (Å²) in [5.74, 6) is 0.980. The lowest BCUT2D eigenvalue weighted by Crippen LogP contribution is -2.33. The number of rotatable bonds is 5. The monoisotopic (exact) mass is 300 g/mol. The summed E-state index contributed by atoms with van der Waals surface area (Å²) in [6, 6.07) is 8.79. The minimum atomic E-state index is -0.170. The number of β-amino-alcohol motifs (C(OH)–C–C–N with tert-alkyl or cyclic N) is 1. The molecule has 0 spiro atoms. The maximum Gasteiger partial charge on any atom is 0.139 e. The van der Waals surface area contributed by atoms with Crippen LogP contribution in [0.3, 0.4) is 0 Å². The second kappa shape index (κ2) is 6.60. The Bertz CT molecular complexity index is 625. The second-order valence-electron chi connectivity index (χ2n) is 6.03. The smallest absolute Gasteiger partial charge is 0.139 e. The molecule has 1 aromatic heterocycles. The van der Waals surface area contributed by atoms with E-state index in [1.54, 1.807) is 0 Å². The first-order valence-electron chi connectivity index (χ1n) is 7.82. The maximum absolute atomic E-state index is 9.68. The van der Waals surface area contributed by atoms with Crippen LogP contribution in [-0.2, 0) is 7.05 Å². The van der Waals surface area contributed by atoms with Gasteiger partial charge in [0, 0.05) is 50.7 Å². The van der Waals surface area contributed by atoms with E-state index in [9.17, 15) is 5.11 Å². The van der Waals surface area contributed by atoms with Crippen molar-refractivity contribution in [2.75, 3.05) is 26.7 Å². The molecule has 5 heteroatoms. The summed E-state index contributed by atoms with van der Waals surface area (Å²) in [6.45, 7) is 2.66. The van der Waals surface area contributed by atoms with Gasteiger partial charge in [-0.15, -0.1) is 0 Å². The van der Waals surface area contributed by atoms with Crippen molar-refractivity contribution >= 4 is 0 Å². The summed E-state index contributed by atoms with van der Waals surface area (Å²) < 4.78 is 2.03. The van der Waals surface area contributed by atoms with Gasteiger partial charge in [0.2, 0.25) is 0 Å². The van der Waals surface area contributed by atoms with Crippen molar-refractivity contribution in [2.45, 2.75) is 18.6 Å². The van der Waals surface area contributed by atoms with Crippen LogP contribution < -0.4 is 5.32 Å². The fourth-order valence-electron chi connectivity index (χ4n) is 3.14. The van der Waals surface area contributed by atoms with Gasteiger partial charge in [-0.25, -0.2) is 4.98 Å². The zero-order valence-electron chi connectivity index (χ0n) is 13.2. The number of likely N-dealkylation sites (tertiary alicyclic amines) is 1. The van der Waals surface area contributed by atoms with Gasteiger partial charge in [0.25, 0.3) is 0 Å². The standard InChI is InChI=1S/C17H24N4O/c1-18-16(12-21-8-6-15(22)11-21)13-4-3-5-14(10-13)17-19-7-9-20(17)2/h3-5,7,9-10,15-16,18,22H,6,8,11-12H2,1-2H3/t15-,16+/m0/s1. The van der Waals surface area contributed by atoms with E-state index in [-0.39, 0.29) is 12.1 Å². The van der Waals surface area contributed by atoms with Gasteiger partial charge in [-0.2, -0.15) is 0 Å². The number of imidazole rings is 1. The summed E-state index contributed by atoms with van der Waals surface area (Å²) >= 11 is 0. The third kappa shape index (κ3) is 3.21. The number of likely N-dealkylation sites (N-methyl/N-ethyl adjacent to an activating group) is 1. The van der Waals surface area contributed by atoms with Crippen molar-refractivity contribution in [3.63, 3.8) is 0 Å². The van der Waals surface area contributed by atoms with Crippen molar-refractivity contribution in [1.82, 2.24) is 19.8 Å². The molecule has 0 unspecified atom stereocenters. The van der Waals surface area contributed by atoms with Crippen molar-refractivity contribution in [1.29, 1.82) is 0 Å². The molecule has 0 aliphatic carbocycles. The predicted octanol–water partition coefficient (Wildman–Crippen LogP) is 1.41. The van der Waals surface area contributed by atoms with E-state index >= 15 is 0 Å². The van der Waals surface area contributed by atoms with E-state index in [1.807, 2.05) is 31.1 Å². The van der Waals surface area contributed by atoms with Crippen LogP contribution in [0, 0.1) is 0 Å². The molecule has 0 saturated carbocycles. The number of hydrogen-bond acceptors (Lipinski definition) is 4. The minimum absolute atomic E-state index is 0.170. The van der Waals surface area contributed by atoms with Gasteiger partial charge in [-0.05, 0) is 25.1 Å². The summed E-state index contributed by atoms with van der Waals surface area (Å²) in [6.07, 6.45) is 4.49. The summed E-state index contributed by atoms with van der Waals surface area (Å²) in [5.41, 5.74) is 2.39. The second-order valence-corrected chi connectivity index (χ2v) is 6.03. The van der Waals surface area contributed by atoms with E-state index in [2.05, 4.69) is 39.5 Å². The number of aliphatic hydroxyl groups excluding tert-OH is 1. The van der Waals surface area contributed by atoms with Gasteiger partial charge in [0.1, 0.15) is 5.82 Å². The van der Waals surface area contributed by atoms with E-state index in [0.29, 0.717) is 0 Å². The molecule has 2 aromatic rings. The lowest BCUT2D eigenvalue weighted by atomic mass is 10.0. The lowest BCUT2D eigenvalue weighted by Gasteiger charge is -2.24. The number of benzene rings is 1. The van der Waals surface area contributed by atoms with Gasteiger partial charge in [-0.3, -0.25) is 4.90 Å². The van der Waals surface area contributed by atoms with E-state index < -0.39 is 0 Å². The van der Waals surface area contributed by atoms with Crippen LogP contribution in [0.25, 0.3) is 11.4 Å². The van der Waals surface area contributed by atoms with Crippen LogP contribution in [0.5, 0.6) is 0 Å². The molecule has 2 heterocycles. The van der Waals surface area contributed by atoms with Crippen LogP contribution in [0.1, 0.15) is 18.0 Å². The fraction of sp³-hybridized carbons (Fsp3) is 0.471. The molecule has 22 heavy (non-hydrogen) atoms. The average Bonchev–Trinajstić information content (AvgIpc) is 3.13. The third-order valence-corrected chi connectivity index (χ3v) is 4.41. The molecule has 1 saturated heterocycles. The molecule has 1 aliphatic heterocycles. The highest BCUT2D eigenvalue weighted by Crippen LogP contribution is 2.23. The molecule has 1 aromatic carbocycles. The Hall–Kier alpha value is -1.69. The molecule has 2 atom stereocenters. The van der Waals surface area contributed by atoms with Crippen LogP contribution in [0.2, 0.25) is 0 Å². The van der Waals surface area contributed by atoms with E-state index in [4.69, 9.17) is 0 Å². The first-order chi connectivity index (χ1) is 10.7.